The molecular formula is C12H18N4S. The molecule has 0 aliphatic rings. The molecule has 2 rings (SSSR count). The van der Waals surface area contributed by atoms with Crippen molar-refractivity contribution >= 4 is 28.5 Å². The number of nitrogen functional groups attached to an aromatic ring is 1. The van der Waals surface area contributed by atoms with Crippen molar-refractivity contribution in [3.63, 3.8) is 0 Å². The molecule has 0 unspecified atom stereocenters. The third kappa shape index (κ3) is 3.14. The monoisotopic (exact) mass is 250 g/mol. The van der Waals surface area contributed by atoms with Gasteiger partial charge in [-0.2, -0.15) is 11.8 Å². The second-order valence-corrected chi connectivity index (χ2v) is 5.18. The zero-order valence-corrected chi connectivity index (χ0v) is 11.0. The molecule has 0 fully saturated rings. The summed E-state index contributed by atoms with van der Waals surface area (Å²) in [6.07, 6.45) is 2.12. The normalized spacial score (nSPS) is 11.5. The number of nitrogens with one attached hydrogen (secondary N) is 1. The lowest BCUT2D eigenvalue weighted by molar-refractivity contribution is 0.341. The predicted molar refractivity (Wildman–Crippen MR) is 75.2 cm³/mol. The molecule has 1 heterocycles. The van der Waals surface area contributed by atoms with Crippen molar-refractivity contribution in [2.75, 3.05) is 31.3 Å². The molecule has 0 radical (unpaired) electrons. The molecule has 0 aliphatic heterocycles. The summed E-state index contributed by atoms with van der Waals surface area (Å²) in [5.41, 5.74) is 8.50. The Balaban J connectivity index is 2.08. The molecule has 2 aromatic rings. The van der Waals surface area contributed by atoms with Gasteiger partial charge in [0.1, 0.15) is 5.82 Å². The van der Waals surface area contributed by atoms with Crippen molar-refractivity contribution in [2.24, 2.45) is 0 Å². The van der Waals surface area contributed by atoms with E-state index in [1.165, 1.54) is 0 Å². The standard InChI is InChI=1S/C12H18N4S/c1-16(5-6-17-2)8-12-14-10-4-3-9(13)7-11(10)15-12/h3-4,7H,5-6,8,13H2,1-2H3,(H,14,15). The first-order valence-corrected chi connectivity index (χ1v) is 7.00. The van der Waals surface area contributed by atoms with Crippen molar-refractivity contribution in [1.82, 2.24) is 14.9 Å². The Morgan fingerprint density at radius 2 is 2.29 bits per heavy atom. The van der Waals surface area contributed by atoms with E-state index in [-0.39, 0.29) is 0 Å². The van der Waals surface area contributed by atoms with Gasteiger partial charge in [0.2, 0.25) is 0 Å². The lowest BCUT2D eigenvalue weighted by Crippen LogP contribution is -2.21. The molecule has 17 heavy (non-hydrogen) atoms. The zero-order valence-electron chi connectivity index (χ0n) is 10.2. The summed E-state index contributed by atoms with van der Waals surface area (Å²) < 4.78 is 0. The van der Waals surface area contributed by atoms with E-state index < -0.39 is 0 Å². The van der Waals surface area contributed by atoms with Crippen LogP contribution >= 0.6 is 11.8 Å². The van der Waals surface area contributed by atoms with Crippen LogP contribution in [-0.2, 0) is 6.54 Å². The van der Waals surface area contributed by atoms with Crippen molar-refractivity contribution in [3.8, 4) is 0 Å². The van der Waals surface area contributed by atoms with Gasteiger partial charge in [-0.05, 0) is 31.5 Å². The Labute approximate surface area is 106 Å². The van der Waals surface area contributed by atoms with Crippen molar-refractivity contribution in [2.45, 2.75) is 6.54 Å². The van der Waals surface area contributed by atoms with Gasteiger partial charge in [0.15, 0.2) is 0 Å². The number of fused-ring (bicyclic) bond motifs is 1. The maximum Gasteiger partial charge on any atom is 0.121 e. The van der Waals surface area contributed by atoms with Gasteiger partial charge in [-0.3, -0.25) is 4.90 Å². The Hall–Kier alpha value is -1.20. The van der Waals surface area contributed by atoms with Crippen molar-refractivity contribution < 1.29 is 0 Å². The number of hydrogen-bond acceptors (Lipinski definition) is 4. The quantitative estimate of drug-likeness (QED) is 0.796. The highest BCUT2D eigenvalue weighted by Gasteiger charge is 2.05. The van der Waals surface area contributed by atoms with Gasteiger partial charge in [0.05, 0.1) is 17.6 Å². The average Bonchev–Trinajstić information content (AvgIpc) is 2.67. The van der Waals surface area contributed by atoms with Gasteiger partial charge in [-0.15, -0.1) is 0 Å². The largest absolute Gasteiger partial charge is 0.399 e. The molecule has 0 aliphatic carbocycles. The second kappa shape index (κ2) is 5.42. The van der Waals surface area contributed by atoms with Gasteiger partial charge < -0.3 is 10.7 Å². The number of nitrogens with two attached hydrogens (primary N) is 1. The van der Waals surface area contributed by atoms with Gasteiger partial charge in [-0.1, -0.05) is 0 Å². The van der Waals surface area contributed by atoms with Crippen LogP contribution in [0.5, 0.6) is 0 Å². The molecule has 0 bridgehead atoms. The molecule has 3 N–H and O–H groups in total. The Kier molecular flexibility index (Phi) is 3.91. The van der Waals surface area contributed by atoms with E-state index in [0.29, 0.717) is 0 Å². The lowest BCUT2D eigenvalue weighted by atomic mass is 10.3. The molecule has 1 aromatic carbocycles. The first-order valence-electron chi connectivity index (χ1n) is 5.60. The van der Waals surface area contributed by atoms with Gasteiger partial charge in [-0.25, -0.2) is 4.98 Å². The highest BCUT2D eigenvalue weighted by molar-refractivity contribution is 7.98. The number of benzene rings is 1. The van der Waals surface area contributed by atoms with Crippen molar-refractivity contribution in [3.05, 3.63) is 24.0 Å². The fourth-order valence-electron chi connectivity index (χ4n) is 1.74. The summed E-state index contributed by atoms with van der Waals surface area (Å²) in [6.45, 7) is 1.91. The molecule has 0 saturated carbocycles. The summed E-state index contributed by atoms with van der Waals surface area (Å²) in [5.74, 6) is 2.14. The number of thioether (sulfide) groups is 1. The molecule has 0 saturated heterocycles. The number of aromatic amines is 1. The fraction of sp³-hybridized carbons (Fsp3) is 0.417. The minimum absolute atomic E-state index is 0.767. The topological polar surface area (TPSA) is 57.9 Å². The van der Waals surface area contributed by atoms with E-state index in [2.05, 4.69) is 28.2 Å². The van der Waals surface area contributed by atoms with E-state index in [0.717, 1.165) is 41.4 Å². The summed E-state index contributed by atoms with van der Waals surface area (Å²) in [4.78, 5) is 10.1. The minimum atomic E-state index is 0.767. The highest BCUT2D eigenvalue weighted by Crippen LogP contribution is 2.15. The number of rotatable bonds is 5. The van der Waals surface area contributed by atoms with Crippen LogP contribution in [0.3, 0.4) is 0 Å². The molecule has 0 amide bonds. The maximum absolute atomic E-state index is 5.74. The lowest BCUT2D eigenvalue weighted by Gasteiger charge is -2.13. The van der Waals surface area contributed by atoms with E-state index in [4.69, 9.17) is 5.73 Å². The summed E-state index contributed by atoms with van der Waals surface area (Å²) in [5, 5.41) is 0. The van der Waals surface area contributed by atoms with Crippen LogP contribution < -0.4 is 5.73 Å². The number of anilines is 1. The summed E-state index contributed by atoms with van der Waals surface area (Å²) in [7, 11) is 2.11. The average molecular weight is 250 g/mol. The van der Waals surface area contributed by atoms with Crippen LogP contribution in [0.15, 0.2) is 18.2 Å². The number of aromatic nitrogens is 2. The van der Waals surface area contributed by atoms with Gasteiger partial charge >= 0.3 is 0 Å². The maximum atomic E-state index is 5.74. The number of hydrogen-bond donors (Lipinski definition) is 2. The number of H-pyrrole nitrogens is 1. The third-order valence-corrected chi connectivity index (χ3v) is 3.24. The SMILES string of the molecule is CSCCN(C)Cc1nc2ccc(N)cc2[nH]1. The molecule has 5 heteroatoms. The van der Waals surface area contributed by atoms with Crippen molar-refractivity contribution in [1.29, 1.82) is 0 Å². The Bertz CT molecular complexity index is 494. The van der Waals surface area contributed by atoms with Gasteiger partial charge in [0.25, 0.3) is 0 Å². The summed E-state index contributed by atoms with van der Waals surface area (Å²) in [6, 6.07) is 5.75. The van der Waals surface area contributed by atoms with Crippen LogP contribution in [0.2, 0.25) is 0 Å². The van der Waals surface area contributed by atoms with E-state index in [1.807, 2.05) is 30.0 Å². The molecule has 92 valence electrons. The van der Waals surface area contributed by atoms with Gasteiger partial charge in [0, 0.05) is 18.0 Å². The second-order valence-electron chi connectivity index (χ2n) is 4.19. The zero-order chi connectivity index (χ0) is 12.3. The van der Waals surface area contributed by atoms with Crippen LogP contribution in [0.4, 0.5) is 5.69 Å². The van der Waals surface area contributed by atoms with Crippen LogP contribution in [0.25, 0.3) is 11.0 Å². The first-order chi connectivity index (χ1) is 8.19. The van der Waals surface area contributed by atoms with E-state index in [9.17, 15) is 0 Å². The van der Waals surface area contributed by atoms with E-state index in [1.54, 1.807) is 0 Å². The predicted octanol–water partition coefficient (Wildman–Crippen LogP) is 1.94. The van der Waals surface area contributed by atoms with Crippen LogP contribution in [-0.4, -0.2) is 40.5 Å². The van der Waals surface area contributed by atoms with E-state index >= 15 is 0 Å². The number of nitrogens with zero attached hydrogens (tertiary/aromatic N) is 2. The molecule has 0 spiro atoms. The Morgan fingerprint density at radius 1 is 1.47 bits per heavy atom. The third-order valence-electron chi connectivity index (χ3n) is 2.65. The molecule has 0 atom stereocenters. The highest BCUT2D eigenvalue weighted by atomic mass is 32.2. The van der Waals surface area contributed by atoms with Crippen LogP contribution in [0.1, 0.15) is 5.82 Å². The Morgan fingerprint density at radius 3 is 3.06 bits per heavy atom. The molecule has 1 aromatic heterocycles. The minimum Gasteiger partial charge on any atom is -0.399 e. The summed E-state index contributed by atoms with van der Waals surface area (Å²) >= 11 is 1.86. The van der Waals surface area contributed by atoms with Crippen LogP contribution in [0, 0.1) is 0 Å². The first kappa shape index (κ1) is 12.3. The molecular weight excluding hydrogens is 232 g/mol. The smallest absolute Gasteiger partial charge is 0.121 e. The number of imidazole rings is 1. The molecule has 4 nitrogen and oxygen atoms in total. The fourth-order valence-corrected chi connectivity index (χ4v) is 2.23.